The van der Waals surface area contributed by atoms with E-state index in [1.807, 2.05) is 25.1 Å². The number of carbonyl (C=O) groups is 1. The highest BCUT2D eigenvalue weighted by atomic mass is 32.2. The van der Waals surface area contributed by atoms with Crippen molar-refractivity contribution in [2.75, 3.05) is 12.3 Å². The number of hydrogen-bond acceptors (Lipinski definition) is 6. The molecule has 1 heterocycles. The first-order valence-electron chi connectivity index (χ1n) is 12.3. The average molecular weight is 545 g/mol. The number of carbonyl (C=O) groups excluding carboxylic acids is 1. The lowest BCUT2D eigenvalue weighted by Crippen LogP contribution is -2.50. The number of sulfone groups is 1. The molecule has 0 unspecified atom stereocenters. The Balaban J connectivity index is 1.51. The van der Waals surface area contributed by atoms with Gasteiger partial charge in [0.2, 0.25) is 0 Å². The zero-order chi connectivity index (χ0) is 27.3. The van der Waals surface area contributed by atoms with Crippen LogP contribution in [0.3, 0.4) is 0 Å². The van der Waals surface area contributed by atoms with Gasteiger partial charge in [-0.25, -0.2) is 22.0 Å². The van der Waals surface area contributed by atoms with Gasteiger partial charge in [-0.2, -0.15) is 0 Å². The number of rotatable bonds is 9. The SMILES string of the molecule is CCc1ccc2c(c1)[C@H](NC[C@H](O)[C@@H](Cc1cc(F)cc(F)c1)NC(=O)Oc1ccccc1)CS(=O)(=O)C2. The molecule has 202 valence electrons. The molecular formula is C28H30F2N2O5S. The van der Waals surface area contributed by atoms with E-state index in [-0.39, 0.29) is 35.8 Å². The van der Waals surface area contributed by atoms with Crippen LogP contribution in [0.25, 0.3) is 0 Å². The van der Waals surface area contributed by atoms with Crippen LogP contribution in [0.2, 0.25) is 0 Å². The van der Waals surface area contributed by atoms with Crippen molar-refractivity contribution in [2.24, 2.45) is 0 Å². The molecule has 1 aliphatic rings. The molecule has 3 N–H and O–H groups in total. The Bertz CT molecular complexity index is 1360. The highest BCUT2D eigenvalue weighted by Gasteiger charge is 2.31. The zero-order valence-corrected chi connectivity index (χ0v) is 21.7. The lowest BCUT2D eigenvalue weighted by atomic mass is 9.97. The smallest absolute Gasteiger partial charge is 0.410 e. The number of nitrogens with one attached hydrogen (secondary N) is 2. The largest absolute Gasteiger partial charge is 0.412 e. The molecule has 3 atom stereocenters. The molecule has 1 amide bonds. The van der Waals surface area contributed by atoms with Crippen LogP contribution < -0.4 is 15.4 Å². The maximum absolute atomic E-state index is 13.8. The highest BCUT2D eigenvalue weighted by molar-refractivity contribution is 7.90. The Hall–Kier alpha value is -3.34. The summed E-state index contributed by atoms with van der Waals surface area (Å²) in [5.41, 5.74) is 2.85. The van der Waals surface area contributed by atoms with Crippen molar-refractivity contribution in [1.29, 1.82) is 0 Å². The van der Waals surface area contributed by atoms with Gasteiger partial charge in [-0.05, 0) is 59.4 Å². The van der Waals surface area contributed by atoms with Gasteiger partial charge in [0.25, 0.3) is 0 Å². The molecule has 3 aromatic carbocycles. The fraction of sp³-hybridized carbons (Fsp3) is 0.321. The van der Waals surface area contributed by atoms with Crippen molar-refractivity contribution >= 4 is 15.9 Å². The third-order valence-corrected chi connectivity index (χ3v) is 8.05. The minimum absolute atomic E-state index is 0.0479. The summed E-state index contributed by atoms with van der Waals surface area (Å²) in [5.74, 6) is -1.47. The monoisotopic (exact) mass is 544 g/mol. The first-order chi connectivity index (χ1) is 18.1. The zero-order valence-electron chi connectivity index (χ0n) is 20.9. The number of hydrogen-bond donors (Lipinski definition) is 3. The number of fused-ring (bicyclic) bond motifs is 1. The normalized spacial score (nSPS) is 17.7. The lowest BCUT2D eigenvalue weighted by molar-refractivity contribution is 0.117. The van der Waals surface area contributed by atoms with E-state index < -0.39 is 45.8 Å². The van der Waals surface area contributed by atoms with Crippen LogP contribution in [0.1, 0.15) is 35.2 Å². The van der Waals surface area contributed by atoms with Crippen LogP contribution in [0.5, 0.6) is 5.75 Å². The fourth-order valence-electron chi connectivity index (χ4n) is 4.58. The first-order valence-corrected chi connectivity index (χ1v) is 14.2. The number of aliphatic hydroxyl groups is 1. The molecule has 0 radical (unpaired) electrons. The first kappa shape index (κ1) is 27.7. The van der Waals surface area contributed by atoms with Gasteiger partial charge in [0.15, 0.2) is 9.84 Å². The van der Waals surface area contributed by atoms with Gasteiger partial charge < -0.3 is 20.5 Å². The summed E-state index contributed by atoms with van der Waals surface area (Å²) >= 11 is 0. The molecule has 0 bridgehead atoms. The second-order valence-electron chi connectivity index (χ2n) is 9.40. The van der Waals surface area contributed by atoms with E-state index in [9.17, 15) is 27.1 Å². The predicted octanol–water partition coefficient (Wildman–Crippen LogP) is 3.85. The molecule has 1 aliphatic heterocycles. The Labute approximate surface area is 220 Å². The van der Waals surface area contributed by atoms with Gasteiger partial charge in [0.05, 0.1) is 23.7 Å². The van der Waals surface area contributed by atoms with E-state index in [0.717, 1.165) is 35.7 Å². The summed E-state index contributed by atoms with van der Waals surface area (Å²) in [6.07, 6.45) is -1.40. The van der Waals surface area contributed by atoms with Gasteiger partial charge in [-0.1, -0.05) is 43.3 Å². The minimum atomic E-state index is -3.36. The standard InChI is InChI=1S/C28H30F2N2O5S/c1-2-18-8-9-20-16-38(35,36)17-26(24(20)12-18)31-15-27(33)25(13-19-10-21(29)14-22(30)11-19)32-28(34)37-23-6-4-3-5-7-23/h3-12,14,25-27,31,33H,2,13,15-17H2,1H3,(H,32,34)/t25-,26-,27+/m1/s1. The summed E-state index contributed by atoms with van der Waals surface area (Å²) in [7, 11) is -3.36. The van der Waals surface area contributed by atoms with Gasteiger partial charge in [-0.15, -0.1) is 0 Å². The topological polar surface area (TPSA) is 105 Å². The Morgan fingerprint density at radius 1 is 1.05 bits per heavy atom. The molecule has 0 saturated carbocycles. The van der Waals surface area contributed by atoms with Crippen molar-refractivity contribution in [1.82, 2.24) is 10.6 Å². The lowest BCUT2D eigenvalue weighted by Gasteiger charge is -2.30. The second kappa shape index (κ2) is 12.0. The average Bonchev–Trinajstić information content (AvgIpc) is 2.86. The molecule has 0 saturated heterocycles. The third kappa shape index (κ3) is 7.37. The summed E-state index contributed by atoms with van der Waals surface area (Å²) in [6.45, 7) is 1.91. The molecule has 4 rings (SSSR count). The van der Waals surface area contributed by atoms with Crippen LogP contribution in [0.15, 0.2) is 66.7 Å². The maximum Gasteiger partial charge on any atom is 0.412 e. The third-order valence-electron chi connectivity index (χ3n) is 6.46. The Morgan fingerprint density at radius 3 is 2.45 bits per heavy atom. The summed E-state index contributed by atoms with van der Waals surface area (Å²) in [6, 6.07) is 15.4. The van der Waals surface area contributed by atoms with Crippen LogP contribution >= 0.6 is 0 Å². The summed E-state index contributed by atoms with van der Waals surface area (Å²) in [4.78, 5) is 12.6. The summed E-state index contributed by atoms with van der Waals surface area (Å²) < 4.78 is 58.0. The quantitative estimate of drug-likeness (QED) is 0.378. The molecule has 7 nitrogen and oxygen atoms in total. The molecule has 38 heavy (non-hydrogen) atoms. The molecule has 0 fully saturated rings. The molecule has 0 spiro atoms. The predicted molar refractivity (Wildman–Crippen MR) is 140 cm³/mol. The number of aliphatic hydroxyl groups excluding tert-OH is 1. The van der Waals surface area contributed by atoms with E-state index >= 15 is 0 Å². The maximum atomic E-state index is 13.8. The minimum Gasteiger partial charge on any atom is -0.410 e. The fourth-order valence-corrected chi connectivity index (χ4v) is 6.24. The molecular weight excluding hydrogens is 514 g/mol. The van der Waals surface area contributed by atoms with E-state index in [0.29, 0.717) is 5.56 Å². The van der Waals surface area contributed by atoms with Crippen molar-refractivity contribution in [3.8, 4) is 5.75 Å². The van der Waals surface area contributed by atoms with E-state index in [1.54, 1.807) is 30.3 Å². The van der Waals surface area contributed by atoms with Crippen molar-refractivity contribution in [3.05, 3.63) is 101 Å². The van der Waals surface area contributed by atoms with Crippen molar-refractivity contribution in [3.63, 3.8) is 0 Å². The molecule has 10 heteroatoms. The van der Waals surface area contributed by atoms with Crippen LogP contribution in [-0.2, 0) is 28.4 Å². The van der Waals surface area contributed by atoms with Gasteiger partial charge in [-0.3, -0.25) is 0 Å². The van der Waals surface area contributed by atoms with Crippen molar-refractivity contribution in [2.45, 2.75) is 43.7 Å². The van der Waals surface area contributed by atoms with Crippen molar-refractivity contribution < 1.29 is 31.8 Å². The summed E-state index contributed by atoms with van der Waals surface area (Å²) in [5, 5.41) is 16.8. The number of amides is 1. The van der Waals surface area contributed by atoms with Gasteiger partial charge in [0.1, 0.15) is 17.4 Å². The van der Waals surface area contributed by atoms with E-state index in [4.69, 9.17) is 4.74 Å². The van der Waals surface area contributed by atoms with Gasteiger partial charge >= 0.3 is 6.09 Å². The Morgan fingerprint density at radius 2 is 1.76 bits per heavy atom. The van der Waals surface area contributed by atoms with Crippen LogP contribution in [0.4, 0.5) is 13.6 Å². The number of benzene rings is 3. The molecule has 0 aromatic heterocycles. The number of para-hydroxylation sites is 1. The number of ether oxygens (including phenoxy) is 1. The van der Waals surface area contributed by atoms with Crippen LogP contribution in [0, 0.1) is 11.6 Å². The number of halogens is 2. The van der Waals surface area contributed by atoms with Gasteiger partial charge in [0, 0.05) is 18.7 Å². The van der Waals surface area contributed by atoms with E-state index in [1.165, 1.54) is 0 Å². The number of aryl methyl sites for hydroxylation is 1. The van der Waals surface area contributed by atoms with Crippen LogP contribution in [-0.4, -0.2) is 44.1 Å². The highest BCUT2D eigenvalue weighted by Crippen LogP contribution is 2.29. The second-order valence-corrected chi connectivity index (χ2v) is 11.5. The Kier molecular flexibility index (Phi) is 8.76. The van der Waals surface area contributed by atoms with E-state index in [2.05, 4.69) is 10.6 Å². The molecule has 0 aliphatic carbocycles. The molecule has 3 aromatic rings.